The van der Waals surface area contributed by atoms with Gasteiger partial charge in [0.25, 0.3) is 0 Å². The quantitative estimate of drug-likeness (QED) is 0.928. The summed E-state index contributed by atoms with van der Waals surface area (Å²) in [5.41, 5.74) is 0.825. The molecule has 1 heterocycles. The summed E-state index contributed by atoms with van der Waals surface area (Å²) >= 11 is 5.76. The highest BCUT2D eigenvalue weighted by Crippen LogP contribution is 2.32. The van der Waals surface area contributed by atoms with Gasteiger partial charge in [-0.05, 0) is 37.1 Å². The molecule has 3 nitrogen and oxygen atoms in total. The number of nitrogens with one attached hydrogen (secondary N) is 1. The zero-order valence-corrected chi connectivity index (χ0v) is 11.6. The summed E-state index contributed by atoms with van der Waals surface area (Å²) in [6.07, 6.45) is 0.628. The molecule has 0 bridgehead atoms. The van der Waals surface area contributed by atoms with Gasteiger partial charge < -0.3 is 5.32 Å². The molecule has 0 amide bonds. The van der Waals surface area contributed by atoms with Gasteiger partial charge in [0.05, 0.1) is 16.5 Å². The standard InChI is InChI=1S/C12H15ClFNO2S/c1-15-12(9-4-5-18(16,17)7-9)8-2-3-11(14)10(13)6-8/h2-3,6,9,12,15H,4-5,7H2,1H3. The first-order valence-corrected chi connectivity index (χ1v) is 7.95. The van der Waals surface area contributed by atoms with Crippen LogP contribution >= 0.6 is 11.6 Å². The van der Waals surface area contributed by atoms with Crippen LogP contribution in [0.25, 0.3) is 0 Å². The van der Waals surface area contributed by atoms with E-state index in [9.17, 15) is 12.8 Å². The van der Waals surface area contributed by atoms with Crippen LogP contribution in [-0.4, -0.2) is 27.0 Å². The molecular formula is C12H15ClFNO2S. The Balaban J connectivity index is 2.26. The fraction of sp³-hybridized carbons (Fsp3) is 0.500. The van der Waals surface area contributed by atoms with E-state index in [1.165, 1.54) is 6.07 Å². The minimum Gasteiger partial charge on any atom is -0.313 e. The van der Waals surface area contributed by atoms with Gasteiger partial charge in [0.15, 0.2) is 9.84 Å². The average Bonchev–Trinajstić information content (AvgIpc) is 2.65. The van der Waals surface area contributed by atoms with Crippen molar-refractivity contribution in [2.75, 3.05) is 18.6 Å². The van der Waals surface area contributed by atoms with Crippen LogP contribution < -0.4 is 5.32 Å². The summed E-state index contributed by atoms with van der Waals surface area (Å²) in [6, 6.07) is 4.40. The number of halogens is 2. The van der Waals surface area contributed by atoms with Crippen LogP contribution in [0.4, 0.5) is 4.39 Å². The lowest BCUT2D eigenvalue weighted by Crippen LogP contribution is -2.26. The zero-order valence-electron chi connectivity index (χ0n) is 9.99. The lowest BCUT2D eigenvalue weighted by Gasteiger charge is -2.22. The smallest absolute Gasteiger partial charge is 0.150 e. The van der Waals surface area contributed by atoms with Crippen molar-refractivity contribution in [2.45, 2.75) is 12.5 Å². The number of hydrogen-bond acceptors (Lipinski definition) is 3. The van der Waals surface area contributed by atoms with Gasteiger partial charge in [0, 0.05) is 6.04 Å². The summed E-state index contributed by atoms with van der Waals surface area (Å²) in [6.45, 7) is 0. The molecular weight excluding hydrogens is 277 g/mol. The molecule has 1 saturated heterocycles. The summed E-state index contributed by atoms with van der Waals surface area (Å²) in [7, 11) is -1.15. The van der Waals surface area contributed by atoms with Crippen molar-refractivity contribution in [3.63, 3.8) is 0 Å². The van der Waals surface area contributed by atoms with Crippen molar-refractivity contribution in [2.24, 2.45) is 5.92 Å². The maximum Gasteiger partial charge on any atom is 0.150 e. The van der Waals surface area contributed by atoms with E-state index < -0.39 is 15.7 Å². The predicted octanol–water partition coefficient (Wildman–Crippen LogP) is 2.17. The highest BCUT2D eigenvalue weighted by Gasteiger charge is 2.33. The van der Waals surface area contributed by atoms with E-state index in [1.54, 1.807) is 19.2 Å². The number of sulfone groups is 1. The fourth-order valence-corrected chi connectivity index (χ4v) is 4.50. The molecule has 100 valence electrons. The molecule has 0 aliphatic carbocycles. The van der Waals surface area contributed by atoms with Crippen molar-refractivity contribution in [1.29, 1.82) is 0 Å². The van der Waals surface area contributed by atoms with Crippen LogP contribution in [0.3, 0.4) is 0 Å². The molecule has 1 aliphatic rings. The molecule has 0 saturated carbocycles. The molecule has 1 aromatic carbocycles. The Bertz CT molecular complexity index is 547. The monoisotopic (exact) mass is 291 g/mol. The lowest BCUT2D eigenvalue weighted by atomic mass is 9.92. The van der Waals surface area contributed by atoms with Gasteiger partial charge >= 0.3 is 0 Å². The van der Waals surface area contributed by atoms with E-state index in [4.69, 9.17) is 11.6 Å². The first kappa shape index (κ1) is 13.8. The first-order chi connectivity index (χ1) is 8.43. The topological polar surface area (TPSA) is 46.2 Å². The zero-order chi connectivity index (χ0) is 13.3. The van der Waals surface area contributed by atoms with Gasteiger partial charge in [-0.15, -0.1) is 0 Å². The molecule has 1 N–H and O–H groups in total. The number of hydrogen-bond donors (Lipinski definition) is 1. The minimum absolute atomic E-state index is 0.0153. The average molecular weight is 292 g/mol. The van der Waals surface area contributed by atoms with E-state index in [1.807, 2.05) is 0 Å². The summed E-state index contributed by atoms with van der Waals surface area (Å²) in [4.78, 5) is 0. The molecule has 1 fully saturated rings. The largest absolute Gasteiger partial charge is 0.313 e. The normalized spacial score (nSPS) is 24.1. The molecule has 0 radical (unpaired) electrons. The number of benzene rings is 1. The highest BCUT2D eigenvalue weighted by atomic mass is 35.5. The van der Waals surface area contributed by atoms with Crippen LogP contribution in [0.1, 0.15) is 18.0 Å². The van der Waals surface area contributed by atoms with E-state index >= 15 is 0 Å². The van der Waals surface area contributed by atoms with Gasteiger partial charge in [-0.25, -0.2) is 12.8 Å². The maximum atomic E-state index is 13.1. The summed E-state index contributed by atoms with van der Waals surface area (Å²) in [5, 5.41) is 3.16. The Hall–Kier alpha value is -0.650. The maximum absolute atomic E-state index is 13.1. The molecule has 0 aromatic heterocycles. The molecule has 1 aliphatic heterocycles. The van der Waals surface area contributed by atoms with Crippen molar-refractivity contribution in [3.05, 3.63) is 34.6 Å². The minimum atomic E-state index is -2.92. The van der Waals surface area contributed by atoms with Gasteiger partial charge in [0.1, 0.15) is 5.82 Å². The third-order valence-electron chi connectivity index (χ3n) is 3.35. The first-order valence-electron chi connectivity index (χ1n) is 5.75. The molecule has 2 unspecified atom stereocenters. The molecule has 0 spiro atoms. The van der Waals surface area contributed by atoms with Crippen LogP contribution in [-0.2, 0) is 9.84 Å². The predicted molar refractivity (Wildman–Crippen MR) is 70.0 cm³/mol. The number of rotatable bonds is 3. The lowest BCUT2D eigenvalue weighted by molar-refractivity contribution is 0.418. The third-order valence-corrected chi connectivity index (χ3v) is 5.44. The molecule has 1 aromatic rings. The Labute approximate surface area is 111 Å². The fourth-order valence-electron chi connectivity index (χ4n) is 2.47. The van der Waals surface area contributed by atoms with E-state index in [0.717, 1.165) is 5.56 Å². The van der Waals surface area contributed by atoms with Gasteiger partial charge in [-0.1, -0.05) is 17.7 Å². The van der Waals surface area contributed by atoms with E-state index in [2.05, 4.69) is 5.32 Å². The van der Waals surface area contributed by atoms with Crippen molar-refractivity contribution < 1.29 is 12.8 Å². The van der Waals surface area contributed by atoms with Gasteiger partial charge in [0.2, 0.25) is 0 Å². The van der Waals surface area contributed by atoms with Crippen LogP contribution in [0.2, 0.25) is 5.02 Å². The van der Waals surface area contributed by atoms with Crippen LogP contribution in [0.5, 0.6) is 0 Å². The SMILES string of the molecule is CNC(c1ccc(F)c(Cl)c1)C1CCS(=O)(=O)C1. The van der Waals surface area contributed by atoms with Crippen LogP contribution in [0.15, 0.2) is 18.2 Å². The van der Waals surface area contributed by atoms with E-state index in [-0.39, 0.29) is 28.5 Å². The Morgan fingerprint density at radius 3 is 2.72 bits per heavy atom. The summed E-state index contributed by atoms with van der Waals surface area (Å²) < 4.78 is 36.1. The van der Waals surface area contributed by atoms with Crippen LogP contribution in [0, 0.1) is 11.7 Å². The second kappa shape index (κ2) is 5.15. The van der Waals surface area contributed by atoms with Crippen molar-refractivity contribution in [1.82, 2.24) is 5.32 Å². The third kappa shape index (κ3) is 2.84. The molecule has 2 rings (SSSR count). The second-order valence-corrected chi connectivity index (χ2v) is 7.24. The van der Waals surface area contributed by atoms with Crippen molar-refractivity contribution in [3.8, 4) is 0 Å². The molecule has 18 heavy (non-hydrogen) atoms. The van der Waals surface area contributed by atoms with Gasteiger partial charge in [-0.2, -0.15) is 0 Å². The van der Waals surface area contributed by atoms with E-state index in [0.29, 0.717) is 6.42 Å². The molecule has 2 atom stereocenters. The Morgan fingerprint density at radius 2 is 2.22 bits per heavy atom. The Morgan fingerprint density at radius 1 is 1.50 bits per heavy atom. The second-order valence-electron chi connectivity index (χ2n) is 4.60. The molecule has 6 heteroatoms. The van der Waals surface area contributed by atoms with Crippen molar-refractivity contribution >= 4 is 21.4 Å². The highest BCUT2D eigenvalue weighted by molar-refractivity contribution is 7.91. The Kier molecular flexibility index (Phi) is 3.94. The van der Waals surface area contributed by atoms with Gasteiger partial charge in [-0.3, -0.25) is 0 Å². The summed E-state index contributed by atoms with van der Waals surface area (Å²) in [5.74, 6) is -0.0472.